The lowest BCUT2D eigenvalue weighted by atomic mass is 10.1. The zero-order chi connectivity index (χ0) is 21.4. The quantitative estimate of drug-likeness (QED) is 0.562. The molecule has 2 heterocycles. The predicted molar refractivity (Wildman–Crippen MR) is 119 cm³/mol. The smallest absolute Gasteiger partial charge is 0.286 e. The molecular formula is C21H17N3O4S2. The maximum Gasteiger partial charge on any atom is 0.286 e. The number of benzene rings is 2. The number of fused-ring (bicyclic) bond motifs is 1. The molecule has 0 saturated carbocycles. The van der Waals surface area contributed by atoms with E-state index in [-0.39, 0.29) is 32.0 Å². The van der Waals surface area contributed by atoms with Crippen molar-refractivity contribution in [2.45, 2.75) is 13.3 Å². The Balaban J connectivity index is 1.69. The van der Waals surface area contributed by atoms with Crippen LogP contribution in [0.25, 0.3) is 5.57 Å². The number of phenolic OH excluding ortho intramolecular Hbond substituents is 1. The van der Waals surface area contributed by atoms with Crippen molar-refractivity contribution in [1.29, 1.82) is 0 Å². The number of anilines is 1. The highest BCUT2D eigenvalue weighted by atomic mass is 32.2. The maximum absolute atomic E-state index is 13.1. The van der Waals surface area contributed by atoms with Gasteiger partial charge in [-0.3, -0.25) is 19.8 Å². The molecule has 7 nitrogen and oxygen atoms in total. The average molecular weight is 440 g/mol. The molecule has 0 aromatic heterocycles. The molecule has 1 saturated heterocycles. The number of hydrogen-bond acceptors (Lipinski definition) is 6. The van der Waals surface area contributed by atoms with E-state index in [2.05, 4.69) is 5.43 Å². The van der Waals surface area contributed by atoms with E-state index in [0.717, 1.165) is 28.9 Å². The number of amides is 3. The second-order valence-electron chi connectivity index (χ2n) is 6.64. The largest absolute Gasteiger partial charge is 0.507 e. The normalized spacial score (nSPS) is 18.2. The van der Waals surface area contributed by atoms with E-state index in [0.29, 0.717) is 12.1 Å². The number of thioether (sulfide) groups is 1. The van der Waals surface area contributed by atoms with Gasteiger partial charge >= 0.3 is 0 Å². The molecule has 0 atom stereocenters. The zero-order valence-corrected chi connectivity index (χ0v) is 17.5. The van der Waals surface area contributed by atoms with E-state index in [9.17, 15) is 19.5 Å². The highest BCUT2D eigenvalue weighted by molar-refractivity contribution is 8.26. The fourth-order valence-electron chi connectivity index (χ4n) is 3.39. The van der Waals surface area contributed by atoms with Crippen LogP contribution in [0.3, 0.4) is 0 Å². The summed E-state index contributed by atoms with van der Waals surface area (Å²) in [6.45, 7) is 2.51. The molecular weight excluding hydrogens is 422 g/mol. The van der Waals surface area contributed by atoms with Crippen LogP contribution in [0.2, 0.25) is 0 Å². The van der Waals surface area contributed by atoms with Gasteiger partial charge in [-0.25, -0.2) is 0 Å². The van der Waals surface area contributed by atoms with Crippen LogP contribution in [-0.2, 0) is 9.59 Å². The first-order valence-corrected chi connectivity index (χ1v) is 10.5. The third-order valence-electron chi connectivity index (χ3n) is 4.73. The van der Waals surface area contributed by atoms with Gasteiger partial charge in [0.05, 0.1) is 21.7 Å². The Bertz CT molecular complexity index is 1130. The lowest BCUT2D eigenvalue weighted by Crippen LogP contribution is -2.45. The van der Waals surface area contributed by atoms with Crippen molar-refractivity contribution >= 4 is 57.3 Å². The molecule has 1 fully saturated rings. The first-order chi connectivity index (χ1) is 14.4. The van der Waals surface area contributed by atoms with Crippen molar-refractivity contribution in [3.05, 3.63) is 64.6 Å². The number of carbonyl (C=O) groups excluding carboxylic acids is 3. The first-order valence-electron chi connectivity index (χ1n) is 9.24. The van der Waals surface area contributed by atoms with Crippen LogP contribution in [0.1, 0.15) is 29.3 Å². The molecule has 4 rings (SSSR count). The maximum atomic E-state index is 13.1. The number of rotatable bonds is 4. The number of para-hydroxylation sites is 2. The Morgan fingerprint density at radius 3 is 2.53 bits per heavy atom. The van der Waals surface area contributed by atoms with Gasteiger partial charge in [-0.2, -0.15) is 5.01 Å². The summed E-state index contributed by atoms with van der Waals surface area (Å²) in [4.78, 5) is 40.5. The SMILES string of the molecule is CCCN1C(=O)/C(=C2\SC(=S)N(NC(=O)c3ccccc3O)C2=O)c2ccccc21. The summed E-state index contributed by atoms with van der Waals surface area (Å²) in [6, 6.07) is 13.3. The second kappa shape index (κ2) is 7.92. The Morgan fingerprint density at radius 1 is 1.10 bits per heavy atom. The van der Waals surface area contributed by atoms with Crippen LogP contribution < -0.4 is 10.3 Å². The molecule has 2 aliphatic heterocycles. The summed E-state index contributed by atoms with van der Waals surface area (Å²) in [5, 5.41) is 10.8. The number of carbonyl (C=O) groups is 3. The van der Waals surface area contributed by atoms with Crippen molar-refractivity contribution in [3.63, 3.8) is 0 Å². The molecule has 2 aromatic rings. The van der Waals surface area contributed by atoms with E-state index in [1.807, 2.05) is 25.1 Å². The highest BCUT2D eigenvalue weighted by Gasteiger charge is 2.42. The Hall–Kier alpha value is -3.17. The first kappa shape index (κ1) is 20.1. The number of phenols is 1. The standard InChI is InChI=1S/C21H17N3O4S2/c1-2-11-23-14-9-5-3-7-12(14)16(19(23)27)17-20(28)24(21(29)30-17)22-18(26)13-8-4-6-10-15(13)25/h3-10,25H,2,11H2,1H3,(H,22,26)/b17-16-. The summed E-state index contributed by atoms with van der Waals surface area (Å²) in [5.41, 5.74) is 4.15. The van der Waals surface area contributed by atoms with E-state index in [1.165, 1.54) is 12.1 Å². The molecule has 2 N–H and O–H groups in total. The number of aromatic hydroxyl groups is 1. The molecule has 0 bridgehead atoms. The second-order valence-corrected chi connectivity index (χ2v) is 8.29. The molecule has 2 aliphatic rings. The van der Waals surface area contributed by atoms with Gasteiger partial charge in [-0.05, 0) is 36.8 Å². The van der Waals surface area contributed by atoms with Crippen LogP contribution in [0.5, 0.6) is 5.75 Å². The molecule has 3 amide bonds. The molecule has 0 unspecified atom stereocenters. The summed E-state index contributed by atoms with van der Waals surface area (Å²) in [6.07, 6.45) is 0.769. The van der Waals surface area contributed by atoms with Gasteiger partial charge in [-0.1, -0.05) is 49.0 Å². The lowest BCUT2D eigenvalue weighted by molar-refractivity contribution is -0.124. The third kappa shape index (κ3) is 3.25. The van der Waals surface area contributed by atoms with Crippen molar-refractivity contribution in [1.82, 2.24) is 10.4 Å². The van der Waals surface area contributed by atoms with Crippen LogP contribution >= 0.6 is 24.0 Å². The van der Waals surface area contributed by atoms with E-state index in [1.54, 1.807) is 23.1 Å². The van der Waals surface area contributed by atoms with Crippen LogP contribution in [0.15, 0.2) is 53.4 Å². The van der Waals surface area contributed by atoms with Gasteiger partial charge < -0.3 is 10.0 Å². The summed E-state index contributed by atoms with van der Waals surface area (Å²) < 4.78 is 0.102. The number of hydrogen-bond donors (Lipinski definition) is 2. The van der Waals surface area contributed by atoms with E-state index < -0.39 is 11.8 Å². The lowest BCUT2D eigenvalue weighted by Gasteiger charge is -2.16. The summed E-state index contributed by atoms with van der Waals surface area (Å²) >= 11 is 6.25. The van der Waals surface area contributed by atoms with Gasteiger partial charge in [-0.15, -0.1) is 0 Å². The highest BCUT2D eigenvalue weighted by Crippen LogP contribution is 2.44. The van der Waals surface area contributed by atoms with Gasteiger partial charge in [0.25, 0.3) is 17.7 Å². The number of nitrogens with one attached hydrogen (secondary N) is 1. The van der Waals surface area contributed by atoms with E-state index >= 15 is 0 Å². The monoisotopic (exact) mass is 439 g/mol. The Morgan fingerprint density at radius 2 is 1.80 bits per heavy atom. The van der Waals surface area contributed by atoms with Crippen molar-refractivity contribution in [2.75, 3.05) is 11.4 Å². The molecule has 152 valence electrons. The predicted octanol–water partition coefficient (Wildman–Crippen LogP) is 3.07. The minimum Gasteiger partial charge on any atom is -0.507 e. The topological polar surface area (TPSA) is 90.0 Å². The van der Waals surface area contributed by atoms with E-state index in [4.69, 9.17) is 12.2 Å². The van der Waals surface area contributed by atoms with Gasteiger partial charge in [0.1, 0.15) is 5.75 Å². The average Bonchev–Trinajstić information content (AvgIpc) is 3.16. The molecule has 30 heavy (non-hydrogen) atoms. The number of hydrazine groups is 1. The molecule has 0 aliphatic carbocycles. The van der Waals surface area contributed by atoms with Crippen LogP contribution in [0.4, 0.5) is 5.69 Å². The fourth-order valence-corrected chi connectivity index (χ4v) is 4.64. The van der Waals surface area contributed by atoms with Gasteiger partial charge in [0, 0.05) is 12.1 Å². The van der Waals surface area contributed by atoms with Crippen molar-refractivity contribution in [2.24, 2.45) is 0 Å². The third-order valence-corrected chi connectivity index (χ3v) is 6.10. The van der Waals surface area contributed by atoms with Crippen molar-refractivity contribution < 1.29 is 19.5 Å². The number of thiocarbonyl (C=S) groups is 1. The van der Waals surface area contributed by atoms with Gasteiger partial charge in [0.15, 0.2) is 4.32 Å². The van der Waals surface area contributed by atoms with Crippen LogP contribution in [-0.4, -0.2) is 38.7 Å². The minimum absolute atomic E-state index is 0.00983. The molecule has 2 aromatic carbocycles. The molecule has 9 heteroatoms. The van der Waals surface area contributed by atoms with Gasteiger partial charge in [0.2, 0.25) is 0 Å². The fraction of sp³-hybridized carbons (Fsp3) is 0.143. The zero-order valence-electron chi connectivity index (χ0n) is 15.9. The van der Waals surface area contributed by atoms with Crippen molar-refractivity contribution in [3.8, 4) is 5.75 Å². The molecule has 0 radical (unpaired) electrons. The minimum atomic E-state index is -0.679. The number of nitrogens with zero attached hydrogens (tertiary/aromatic N) is 2. The summed E-state index contributed by atoms with van der Waals surface area (Å²) in [5.74, 6) is -1.73. The summed E-state index contributed by atoms with van der Waals surface area (Å²) in [7, 11) is 0. The van der Waals surface area contributed by atoms with Crippen LogP contribution in [0, 0.1) is 0 Å². The molecule has 0 spiro atoms. The Kier molecular flexibility index (Phi) is 5.31. The Labute approximate surface area is 182 Å².